The summed E-state index contributed by atoms with van der Waals surface area (Å²) in [6.07, 6.45) is 3.23. The molecule has 4 rings (SSSR count). The lowest BCUT2D eigenvalue weighted by Crippen LogP contribution is -2.32. The molecule has 0 bridgehead atoms. The third-order valence-corrected chi connectivity index (χ3v) is 6.69. The molecular formula is C24H33N5O6. The lowest BCUT2D eigenvalue weighted by Gasteiger charge is -2.27. The van der Waals surface area contributed by atoms with E-state index in [0.717, 1.165) is 25.9 Å². The second kappa shape index (κ2) is 11.0. The van der Waals surface area contributed by atoms with E-state index in [1.807, 2.05) is 13.0 Å². The molecule has 1 N–H and O–H groups in total. The van der Waals surface area contributed by atoms with E-state index < -0.39 is 12.1 Å². The zero-order chi connectivity index (χ0) is 24.9. The van der Waals surface area contributed by atoms with Gasteiger partial charge >= 0.3 is 12.1 Å². The number of hydrogen-bond donors (Lipinski definition) is 1. The van der Waals surface area contributed by atoms with Crippen molar-refractivity contribution in [2.45, 2.75) is 51.7 Å². The number of carboxylic acids is 1. The van der Waals surface area contributed by atoms with E-state index in [1.165, 1.54) is 0 Å². The Labute approximate surface area is 204 Å². The lowest BCUT2D eigenvalue weighted by atomic mass is 9.87. The van der Waals surface area contributed by atoms with Crippen molar-refractivity contribution in [3.05, 3.63) is 23.5 Å². The molecule has 0 spiro atoms. The van der Waals surface area contributed by atoms with Crippen LogP contribution in [0.4, 0.5) is 4.79 Å². The first-order valence-corrected chi connectivity index (χ1v) is 12.0. The molecule has 11 nitrogen and oxygen atoms in total. The second-order valence-electron chi connectivity index (χ2n) is 9.39. The van der Waals surface area contributed by atoms with Gasteiger partial charge in [-0.2, -0.15) is 0 Å². The number of ether oxygens (including phenoxy) is 3. The molecule has 190 valence electrons. The molecule has 11 heteroatoms. The highest BCUT2D eigenvalue weighted by molar-refractivity contribution is 5.70. The minimum absolute atomic E-state index is 0.0147. The van der Waals surface area contributed by atoms with E-state index >= 15 is 0 Å². The van der Waals surface area contributed by atoms with Crippen LogP contribution in [0.1, 0.15) is 43.5 Å². The van der Waals surface area contributed by atoms with E-state index in [4.69, 9.17) is 14.2 Å². The first-order chi connectivity index (χ1) is 16.8. The quantitative estimate of drug-likeness (QED) is 0.597. The Balaban J connectivity index is 1.40. The summed E-state index contributed by atoms with van der Waals surface area (Å²) in [6.45, 7) is 3.84. The zero-order valence-electron chi connectivity index (χ0n) is 20.5. The van der Waals surface area contributed by atoms with Crippen molar-refractivity contribution >= 4 is 12.1 Å². The number of carboxylic acid groups (broad SMARTS) is 1. The zero-order valence-corrected chi connectivity index (χ0v) is 20.5. The van der Waals surface area contributed by atoms with Gasteiger partial charge in [0, 0.05) is 33.2 Å². The van der Waals surface area contributed by atoms with Crippen LogP contribution in [0.2, 0.25) is 0 Å². The summed E-state index contributed by atoms with van der Waals surface area (Å²) in [4.78, 5) is 30.0. The van der Waals surface area contributed by atoms with Crippen LogP contribution in [0.15, 0.2) is 12.1 Å². The Bertz CT molecular complexity index is 1050. The van der Waals surface area contributed by atoms with Crippen LogP contribution in [-0.4, -0.2) is 75.0 Å². The third-order valence-electron chi connectivity index (χ3n) is 6.69. The largest absolute Gasteiger partial charge is 0.489 e. The third kappa shape index (κ3) is 6.08. The Morgan fingerprint density at radius 1 is 1.29 bits per heavy atom. The number of carbonyl (C=O) groups is 2. The highest BCUT2D eigenvalue weighted by Crippen LogP contribution is 2.30. The molecule has 1 unspecified atom stereocenters. The number of pyridine rings is 1. The lowest BCUT2D eigenvalue weighted by molar-refractivity contribution is -0.143. The fourth-order valence-corrected chi connectivity index (χ4v) is 4.63. The van der Waals surface area contributed by atoms with Crippen LogP contribution in [0, 0.1) is 18.8 Å². The van der Waals surface area contributed by atoms with Gasteiger partial charge in [0.2, 0.25) is 0 Å². The van der Waals surface area contributed by atoms with Gasteiger partial charge in [-0.05, 0) is 51.2 Å². The number of amides is 1. The van der Waals surface area contributed by atoms with Gasteiger partial charge < -0.3 is 24.2 Å². The van der Waals surface area contributed by atoms with E-state index in [9.17, 15) is 14.7 Å². The summed E-state index contributed by atoms with van der Waals surface area (Å²) < 4.78 is 18.6. The predicted octanol–water partition coefficient (Wildman–Crippen LogP) is 2.81. The number of aliphatic carboxylic acids is 1. The molecule has 0 aromatic carbocycles. The van der Waals surface area contributed by atoms with Crippen LogP contribution in [0.5, 0.6) is 5.75 Å². The smallest absolute Gasteiger partial charge is 0.409 e. The highest BCUT2D eigenvalue weighted by Gasteiger charge is 2.29. The van der Waals surface area contributed by atoms with Gasteiger partial charge in [-0.25, -0.2) is 14.5 Å². The summed E-state index contributed by atoms with van der Waals surface area (Å²) in [6, 6.07) is 3.62. The van der Waals surface area contributed by atoms with Gasteiger partial charge in [-0.1, -0.05) is 5.21 Å². The molecule has 2 aromatic heterocycles. The molecular weight excluding hydrogens is 454 g/mol. The molecule has 3 atom stereocenters. The number of aryl methyl sites for hydroxylation is 2. The molecule has 1 saturated heterocycles. The van der Waals surface area contributed by atoms with Crippen molar-refractivity contribution < 1.29 is 28.9 Å². The standard InChI is InChI=1S/C24H33N5O6/c1-15-21(35-18-6-4-5-17(11-18)23(30)31)8-7-19(25-15)22-20(29(3)27-26-22)14-34-24(32)28(2)12-16-9-10-33-13-16/h7-8,16-18H,4-6,9-14H2,1-3H3,(H,30,31)/t16?,17-,18-/m0/s1. The van der Waals surface area contributed by atoms with Gasteiger partial charge in [-0.15, -0.1) is 5.10 Å². The van der Waals surface area contributed by atoms with Crippen molar-refractivity contribution in [1.82, 2.24) is 24.9 Å². The van der Waals surface area contributed by atoms with Gasteiger partial charge in [0.1, 0.15) is 23.7 Å². The first kappa shape index (κ1) is 24.9. The summed E-state index contributed by atoms with van der Waals surface area (Å²) in [5.74, 6) is -0.174. The summed E-state index contributed by atoms with van der Waals surface area (Å²) in [7, 11) is 3.46. The van der Waals surface area contributed by atoms with Crippen LogP contribution in [0.25, 0.3) is 11.4 Å². The molecule has 35 heavy (non-hydrogen) atoms. The molecule has 1 amide bonds. The summed E-state index contributed by atoms with van der Waals surface area (Å²) >= 11 is 0. The minimum atomic E-state index is -0.766. The minimum Gasteiger partial charge on any atom is -0.489 e. The van der Waals surface area contributed by atoms with E-state index in [1.54, 1.807) is 29.7 Å². The van der Waals surface area contributed by atoms with Gasteiger partial charge in [0.05, 0.1) is 30.0 Å². The summed E-state index contributed by atoms with van der Waals surface area (Å²) in [5, 5.41) is 17.6. The van der Waals surface area contributed by atoms with Crippen molar-refractivity contribution in [2.24, 2.45) is 18.9 Å². The van der Waals surface area contributed by atoms with Crippen LogP contribution in [-0.2, 0) is 27.9 Å². The Morgan fingerprint density at radius 2 is 2.11 bits per heavy atom. The topological polar surface area (TPSA) is 129 Å². The van der Waals surface area contributed by atoms with Gasteiger partial charge in [-0.3, -0.25) is 4.79 Å². The average molecular weight is 488 g/mol. The van der Waals surface area contributed by atoms with Crippen LogP contribution in [0.3, 0.4) is 0 Å². The first-order valence-electron chi connectivity index (χ1n) is 12.0. The van der Waals surface area contributed by atoms with E-state index in [0.29, 0.717) is 60.4 Å². The van der Waals surface area contributed by atoms with Gasteiger partial charge in [0.25, 0.3) is 0 Å². The molecule has 2 aromatic rings. The van der Waals surface area contributed by atoms with Crippen molar-refractivity contribution in [1.29, 1.82) is 0 Å². The normalized spacial score (nSPS) is 22.1. The number of aromatic nitrogens is 4. The fourth-order valence-electron chi connectivity index (χ4n) is 4.63. The highest BCUT2D eigenvalue weighted by atomic mass is 16.6. The molecule has 3 heterocycles. The molecule has 2 aliphatic rings. The molecule has 2 fully saturated rings. The van der Waals surface area contributed by atoms with Crippen molar-refractivity contribution in [2.75, 3.05) is 26.8 Å². The maximum absolute atomic E-state index is 12.5. The average Bonchev–Trinajstić information content (AvgIpc) is 3.48. The van der Waals surface area contributed by atoms with Crippen LogP contribution < -0.4 is 4.74 Å². The molecule has 1 saturated carbocycles. The molecule has 1 aliphatic heterocycles. The number of hydrogen-bond acceptors (Lipinski definition) is 8. The Morgan fingerprint density at radius 3 is 2.83 bits per heavy atom. The van der Waals surface area contributed by atoms with Crippen molar-refractivity contribution in [3.63, 3.8) is 0 Å². The summed E-state index contributed by atoms with van der Waals surface area (Å²) in [5.41, 5.74) is 2.43. The number of nitrogens with zero attached hydrogens (tertiary/aromatic N) is 5. The maximum atomic E-state index is 12.5. The Hall–Kier alpha value is -3.21. The second-order valence-corrected chi connectivity index (χ2v) is 9.39. The van der Waals surface area contributed by atoms with Crippen LogP contribution >= 0.6 is 0 Å². The Kier molecular flexibility index (Phi) is 7.84. The van der Waals surface area contributed by atoms with Crippen molar-refractivity contribution in [3.8, 4) is 17.1 Å². The monoisotopic (exact) mass is 487 g/mol. The molecule has 0 radical (unpaired) electrons. The van der Waals surface area contributed by atoms with E-state index in [2.05, 4.69) is 15.3 Å². The molecule has 1 aliphatic carbocycles. The SMILES string of the molecule is Cc1nc(-c2nnn(C)c2COC(=O)N(C)CC2CCOC2)ccc1O[C@H]1CCC[C@H](C(=O)O)C1. The number of carbonyl (C=O) groups excluding carboxylic acids is 1. The van der Waals surface area contributed by atoms with E-state index in [-0.39, 0.29) is 18.6 Å². The predicted molar refractivity (Wildman–Crippen MR) is 125 cm³/mol. The fraction of sp³-hybridized carbons (Fsp3) is 0.625. The number of rotatable bonds is 8. The van der Waals surface area contributed by atoms with Gasteiger partial charge in [0.15, 0.2) is 0 Å². The maximum Gasteiger partial charge on any atom is 0.409 e.